The standard InChI is InChI=1S/C32H42N2O3S2/c1-9-24(5)34(39(36,37)31-22(3)18-21(2)19-23(31)4)20-29(35)33-16-14-28-27(15-17-38-28)30(33)25-10-12-26(13-11-25)32(6,7)8/h10-13,15,17-19,24,30H,9,14,16,20H2,1-8H3. The normalized spacial score (nSPS) is 16.8. The summed E-state index contributed by atoms with van der Waals surface area (Å²) in [6.07, 6.45) is 1.39. The van der Waals surface area contributed by atoms with E-state index in [2.05, 4.69) is 56.5 Å². The van der Waals surface area contributed by atoms with E-state index in [1.54, 1.807) is 11.3 Å². The fourth-order valence-electron chi connectivity index (χ4n) is 5.71. The van der Waals surface area contributed by atoms with E-state index in [9.17, 15) is 13.2 Å². The van der Waals surface area contributed by atoms with Gasteiger partial charge in [-0.15, -0.1) is 11.3 Å². The fourth-order valence-corrected chi connectivity index (χ4v) is 8.68. The van der Waals surface area contributed by atoms with Crippen LogP contribution in [-0.2, 0) is 26.7 Å². The van der Waals surface area contributed by atoms with Crippen LogP contribution in [0.5, 0.6) is 0 Å². The third-order valence-electron chi connectivity index (χ3n) is 7.92. The molecule has 3 aromatic rings. The minimum absolute atomic E-state index is 0.0333. The van der Waals surface area contributed by atoms with E-state index >= 15 is 0 Å². The zero-order valence-corrected chi connectivity index (χ0v) is 26.2. The molecule has 2 aromatic carbocycles. The molecule has 1 aromatic heterocycles. The predicted molar refractivity (Wildman–Crippen MR) is 161 cm³/mol. The number of rotatable bonds is 7. The maximum Gasteiger partial charge on any atom is 0.244 e. The van der Waals surface area contributed by atoms with Gasteiger partial charge in [0.05, 0.1) is 17.5 Å². The largest absolute Gasteiger partial charge is 0.330 e. The van der Waals surface area contributed by atoms with Crippen LogP contribution in [0.25, 0.3) is 0 Å². The number of carbonyl (C=O) groups excluding carboxylic acids is 1. The van der Waals surface area contributed by atoms with Gasteiger partial charge in [0.2, 0.25) is 15.9 Å². The highest BCUT2D eigenvalue weighted by atomic mass is 32.2. The van der Waals surface area contributed by atoms with Gasteiger partial charge >= 0.3 is 0 Å². The van der Waals surface area contributed by atoms with Crippen LogP contribution in [0.15, 0.2) is 52.7 Å². The SMILES string of the molecule is CCC(C)N(CC(=O)N1CCc2sccc2C1c1ccc(C(C)(C)C)cc1)S(=O)(=O)c1c(C)cc(C)cc1C. The number of benzene rings is 2. The quantitative estimate of drug-likeness (QED) is 0.311. The first-order valence-electron chi connectivity index (χ1n) is 13.8. The first-order valence-corrected chi connectivity index (χ1v) is 16.1. The van der Waals surface area contributed by atoms with Gasteiger partial charge in [-0.05, 0) is 85.2 Å². The molecule has 2 heterocycles. The van der Waals surface area contributed by atoms with Crippen LogP contribution >= 0.6 is 11.3 Å². The van der Waals surface area contributed by atoms with Gasteiger partial charge in [-0.2, -0.15) is 4.31 Å². The third-order valence-corrected chi connectivity index (χ3v) is 11.2. The van der Waals surface area contributed by atoms with Crippen LogP contribution in [-0.4, -0.2) is 42.7 Å². The molecule has 1 amide bonds. The molecule has 0 aliphatic carbocycles. The van der Waals surface area contributed by atoms with Crippen molar-refractivity contribution in [3.63, 3.8) is 0 Å². The summed E-state index contributed by atoms with van der Waals surface area (Å²) in [4.78, 5) is 17.6. The lowest BCUT2D eigenvalue weighted by atomic mass is 9.85. The number of hydrogen-bond acceptors (Lipinski definition) is 4. The molecule has 7 heteroatoms. The topological polar surface area (TPSA) is 57.7 Å². The molecule has 0 spiro atoms. The van der Waals surface area contributed by atoms with Crippen molar-refractivity contribution in [1.29, 1.82) is 0 Å². The zero-order valence-electron chi connectivity index (χ0n) is 24.5. The summed E-state index contributed by atoms with van der Waals surface area (Å²) in [5.74, 6) is -0.164. The summed E-state index contributed by atoms with van der Waals surface area (Å²) in [5.41, 5.74) is 5.92. The molecule has 1 aliphatic rings. The number of aryl methyl sites for hydroxylation is 3. The van der Waals surface area contributed by atoms with E-state index in [1.807, 2.05) is 51.7 Å². The minimum atomic E-state index is -3.89. The van der Waals surface area contributed by atoms with Crippen LogP contribution in [0.1, 0.15) is 85.3 Å². The molecular weight excluding hydrogens is 524 g/mol. The van der Waals surface area contributed by atoms with Gasteiger partial charge in [0, 0.05) is 17.5 Å². The molecule has 5 nitrogen and oxygen atoms in total. The number of fused-ring (bicyclic) bond motifs is 1. The van der Waals surface area contributed by atoms with Crippen LogP contribution in [0.3, 0.4) is 0 Å². The average molecular weight is 567 g/mol. The van der Waals surface area contributed by atoms with Gasteiger partial charge in [-0.1, -0.05) is 69.7 Å². The molecule has 2 atom stereocenters. The highest BCUT2D eigenvalue weighted by Crippen LogP contribution is 2.39. The molecule has 0 saturated heterocycles. The second kappa shape index (κ2) is 11.2. The van der Waals surface area contributed by atoms with Crippen molar-refractivity contribution in [2.45, 2.75) is 90.6 Å². The summed E-state index contributed by atoms with van der Waals surface area (Å²) in [7, 11) is -3.89. The molecule has 0 fully saturated rings. The van der Waals surface area contributed by atoms with Gasteiger partial charge in [0.15, 0.2) is 0 Å². The molecule has 39 heavy (non-hydrogen) atoms. The van der Waals surface area contributed by atoms with Gasteiger partial charge in [0.25, 0.3) is 0 Å². The van der Waals surface area contributed by atoms with E-state index in [0.717, 1.165) is 23.1 Å². The molecule has 4 rings (SSSR count). The van der Waals surface area contributed by atoms with E-state index in [1.165, 1.54) is 14.7 Å². The van der Waals surface area contributed by atoms with Crippen molar-refractivity contribution in [2.24, 2.45) is 0 Å². The van der Waals surface area contributed by atoms with Crippen molar-refractivity contribution in [3.8, 4) is 0 Å². The predicted octanol–water partition coefficient (Wildman–Crippen LogP) is 6.93. The molecule has 0 bridgehead atoms. The zero-order chi connectivity index (χ0) is 28.7. The van der Waals surface area contributed by atoms with Gasteiger partial charge < -0.3 is 4.90 Å². The van der Waals surface area contributed by atoms with Crippen molar-refractivity contribution in [1.82, 2.24) is 9.21 Å². The second-order valence-corrected chi connectivity index (χ2v) is 14.8. The Balaban J connectivity index is 1.72. The lowest BCUT2D eigenvalue weighted by molar-refractivity contribution is -0.133. The Morgan fingerprint density at radius 1 is 1.08 bits per heavy atom. The number of amides is 1. The smallest absolute Gasteiger partial charge is 0.244 e. The summed E-state index contributed by atoms with van der Waals surface area (Å²) in [5, 5.41) is 2.09. The van der Waals surface area contributed by atoms with E-state index in [4.69, 9.17) is 0 Å². The lowest BCUT2D eigenvalue weighted by Crippen LogP contribution is -2.49. The summed E-state index contributed by atoms with van der Waals surface area (Å²) < 4.78 is 29.6. The average Bonchev–Trinajstić information content (AvgIpc) is 3.33. The van der Waals surface area contributed by atoms with E-state index < -0.39 is 10.0 Å². The highest BCUT2D eigenvalue weighted by molar-refractivity contribution is 7.89. The van der Waals surface area contributed by atoms with E-state index in [-0.39, 0.29) is 30.0 Å². The summed E-state index contributed by atoms with van der Waals surface area (Å²) in [6.45, 7) is 16.5. The first kappa shape index (κ1) is 29.5. The Kier molecular flexibility index (Phi) is 8.46. The Hall–Kier alpha value is -2.48. The summed E-state index contributed by atoms with van der Waals surface area (Å²) >= 11 is 1.73. The monoisotopic (exact) mass is 566 g/mol. The van der Waals surface area contributed by atoms with Gasteiger partial charge in [-0.3, -0.25) is 4.79 Å². The van der Waals surface area contributed by atoms with Crippen LogP contribution < -0.4 is 0 Å². The van der Waals surface area contributed by atoms with Crippen LogP contribution in [0.4, 0.5) is 0 Å². The minimum Gasteiger partial charge on any atom is -0.330 e. The molecule has 210 valence electrons. The van der Waals surface area contributed by atoms with Crippen molar-refractivity contribution in [3.05, 3.63) is 86.1 Å². The summed E-state index contributed by atoms with van der Waals surface area (Å²) in [6, 6.07) is 13.9. The number of sulfonamides is 1. The third kappa shape index (κ3) is 5.86. The number of carbonyl (C=O) groups is 1. The molecule has 0 radical (unpaired) electrons. The van der Waals surface area contributed by atoms with Crippen LogP contribution in [0, 0.1) is 20.8 Å². The Labute approximate surface area is 238 Å². The molecule has 1 aliphatic heterocycles. The second-order valence-electron chi connectivity index (χ2n) is 11.9. The number of thiophene rings is 1. The van der Waals surface area contributed by atoms with Crippen molar-refractivity contribution < 1.29 is 13.2 Å². The maximum absolute atomic E-state index is 14.1. The molecular formula is C32H42N2O3S2. The maximum atomic E-state index is 14.1. The Morgan fingerprint density at radius 2 is 1.69 bits per heavy atom. The van der Waals surface area contributed by atoms with Crippen molar-refractivity contribution >= 4 is 27.3 Å². The Morgan fingerprint density at radius 3 is 2.26 bits per heavy atom. The molecule has 0 saturated carbocycles. The first-order chi connectivity index (χ1) is 18.3. The van der Waals surface area contributed by atoms with Gasteiger partial charge in [-0.25, -0.2) is 8.42 Å². The Bertz CT molecular complexity index is 1430. The van der Waals surface area contributed by atoms with Crippen LogP contribution in [0.2, 0.25) is 0 Å². The molecule has 0 N–H and O–H groups in total. The van der Waals surface area contributed by atoms with Gasteiger partial charge in [0.1, 0.15) is 0 Å². The number of nitrogens with zero attached hydrogens (tertiary/aromatic N) is 2. The highest BCUT2D eigenvalue weighted by Gasteiger charge is 2.38. The number of hydrogen-bond donors (Lipinski definition) is 0. The van der Waals surface area contributed by atoms with E-state index in [0.29, 0.717) is 29.0 Å². The molecule has 2 unspecified atom stereocenters. The fraction of sp³-hybridized carbons (Fsp3) is 0.469. The lowest BCUT2D eigenvalue weighted by Gasteiger charge is -2.38. The van der Waals surface area contributed by atoms with Crippen molar-refractivity contribution in [2.75, 3.05) is 13.1 Å².